The minimum Gasteiger partial charge on any atom is -0.396 e. The first-order chi connectivity index (χ1) is 4.81. The normalized spacial score (nSPS) is 13.5. The lowest BCUT2D eigenvalue weighted by Gasteiger charge is -2.04. The van der Waals surface area contributed by atoms with Crippen LogP contribution >= 0.6 is 25.3 Å². The molecule has 1 atom stereocenters. The van der Waals surface area contributed by atoms with Crippen LogP contribution in [0.1, 0.15) is 25.7 Å². The Hall–Kier alpha value is 0.660. The molecule has 0 saturated carbocycles. The molecule has 0 aliphatic heterocycles. The second-order valence-corrected chi connectivity index (χ2v) is 3.50. The van der Waals surface area contributed by atoms with E-state index in [0.717, 1.165) is 31.4 Å². The van der Waals surface area contributed by atoms with Crippen molar-refractivity contribution < 1.29 is 5.11 Å². The molecule has 0 radical (unpaired) electrons. The second-order valence-electron chi connectivity index (χ2n) is 2.41. The molecule has 10 heavy (non-hydrogen) atoms. The standard InChI is InChI=1S/C7H16OS2/c8-5-3-1-2-4-7(10)6-9/h7-10H,1-6H2. The maximum Gasteiger partial charge on any atom is 0.0431 e. The SMILES string of the molecule is OCCCCCC(S)CS. The van der Waals surface area contributed by atoms with Crippen LogP contribution in [-0.2, 0) is 0 Å². The summed E-state index contributed by atoms with van der Waals surface area (Å²) in [7, 11) is 0. The van der Waals surface area contributed by atoms with Crippen molar-refractivity contribution in [3.05, 3.63) is 0 Å². The molecule has 0 saturated heterocycles. The Kier molecular flexibility index (Phi) is 8.28. The van der Waals surface area contributed by atoms with E-state index in [-0.39, 0.29) is 0 Å². The fourth-order valence-electron chi connectivity index (χ4n) is 0.760. The summed E-state index contributed by atoms with van der Waals surface area (Å²) in [6.45, 7) is 0.318. The van der Waals surface area contributed by atoms with Crippen molar-refractivity contribution in [2.45, 2.75) is 30.9 Å². The van der Waals surface area contributed by atoms with E-state index in [0.29, 0.717) is 11.9 Å². The van der Waals surface area contributed by atoms with Crippen molar-refractivity contribution in [2.24, 2.45) is 0 Å². The van der Waals surface area contributed by atoms with Crippen LogP contribution in [0, 0.1) is 0 Å². The van der Waals surface area contributed by atoms with Crippen LogP contribution in [0.3, 0.4) is 0 Å². The molecule has 3 heteroatoms. The molecule has 62 valence electrons. The number of hydrogen-bond acceptors (Lipinski definition) is 3. The zero-order valence-electron chi connectivity index (χ0n) is 6.16. The number of aliphatic hydroxyl groups is 1. The van der Waals surface area contributed by atoms with E-state index in [9.17, 15) is 0 Å². The highest BCUT2D eigenvalue weighted by molar-refractivity contribution is 7.84. The van der Waals surface area contributed by atoms with E-state index in [1.54, 1.807) is 0 Å². The third-order valence-electron chi connectivity index (χ3n) is 1.41. The van der Waals surface area contributed by atoms with Gasteiger partial charge in [0.05, 0.1) is 0 Å². The number of aliphatic hydroxyl groups excluding tert-OH is 1. The Bertz CT molecular complexity index is 68.6. The Balaban J connectivity index is 2.89. The Morgan fingerprint density at radius 3 is 2.40 bits per heavy atom. The molecular weight excluding hydrogens is 164 g/mol. The molecule has 0 aromatic heterocycles. The van der Waals surface area contributed by atoms with Gasteiger partial charge in [-0.05, 0) is 12.8 Å². The third-order valence-corrected chi connectivity index (χ3v) is 2.58. The number of thiol groups is 2. The minimum atomic E-state index is 0.318. The zero-order valence-corrected chi connectivity index (χ0v) is 7.95. The van der Waals surface area contributed by atoms with Gasteiger partial charge in [-0.3, -0.25) is 0 Å². The van der Waals surface area contributed by atoms with E-state index in [2.05, 4.69) is 25.3 Å². The molecular formula is C7H16OS2. The smallest absolute Gasteiger partial charge is 0.0431 e. The van der Waals surface area contributed by atoms with E-state index in [1.165, 1.54) is 0 Å². The summed E-state index contributed by atoms with van der Waals surface area (Å²) in [5, 5.41) is 8.89. The molecule has 0 fully saturated rings. The maximum atomic E-state index is 8.45. The number of rotatable bonds is 6. The van der Waals surface area contributed by atoms with Crippen LogP contribution in [0.2, 0.25) is 0 Å². The van der Waals surface area contributed by atoms with Crippen molar-refractivity contribution >= 4 is 25.3 Å². The highest BCUT2D eigenvalue weighted by atomic mass is 32.1. The molecule has 0 spiro atoms. The molecule has 0 rings (SSSR count). The molecule has 0 aliphatic carbocycles. The summed E-state index contributed by atoms with van der Waals surface area (Å²) in [5.74, 6) is 0.849. The lowest BCUT2D eigenvalue weighted by Crippen LogP contribution is -1.99. The van der Waals surface area contributed by atoms with Crippen molar-refractivity contribution in [1.82, 2.24) is 0 Å². The van der Waals surface area contributed by atoms with Crippen molar-refractivity contribution in [1.29, 1.82) is 0 Å². The Morgan fingerprint density at radius 1 is 1.20 bits per heavy atom. The van der Waals surface area contributed by atoms with Gasteiger partial charge in [-0.15, -0.1) is 0 Å². The number of unbranched alkanes of at least 4 members (excludes halogenated alkanes) is 2. The maximum absolute atomic E-state index is 8.45. The highest BCUT2D eigenvalue weighted by Gasteiger charge is 1.98. The zero-order chi connectivity index (χ0) is 7.82. The molecule has 1 N–H and O–H groups in total. The van der Waals surface area contributed by atoms with Crippen LogP contribution in [0.4, 0.5) is 0 Å². The first-order valence-corrected chi connectivity index (χ1v) is 4.86. The van der Waals surface area contributed by atoms with Gasteiger partial charge in [0.1, 0.15) is 0 Å². The predicted octanol–water partition coefficient (Wildman–Crippen LogP) is 1.77. The van der Waals surface area contributed by atoms with Crippen LogP contribution in [0.5, 0.6) is 0 Å². The van der Waals surface area contributed by atoms with Gasteiger partial charge in [0.15, 0.2) is 0 Å². The van der Waals surface area contributed by atoms with Gasteiger partial charge in [-0.2, -0.15) is 25.3 Å². The fraction of sp³-hybridized carbons (Fsp3) is 1.00. The van der Waals surface area contributed by atoms with E-state index in [4.69, 9.17) is 5.11 Å². The summed E-state index contributed by atoms with van der Waals surface area (Å²) in [4.78, 5) is 0. The summed E-state index contributed by atoms with van der Waals surface area (Å²) in [6, 6.07) is 0. The third kappa shape index (κ3) is 6.78. The van der Waals surface area contributed by atoms with Crippen LogP contribution in [0.25, 0.3) is 0 Å². The Morgan fingerprint density at radius 2 is 1.90 bits per heavy atom. The van der Waals surface area contributed by atoms with Gasteiger partial charge in [-0.25, -0.2) is 0 Å². The largest absolute Gasteiger partial charge is 0.396 e. The fourth-order valence-corrected chi connectivity index (χ4v) is 1.12. The summed E-state index contributed by atoms with van der Waals surface area (Å²) in [6.07, 6.45) is 4.32. The molecule has 0 aromatic rings. The molecule has 0 bridgehead atoms. The Labute approximate surface area is 74.0 Å². The molecule has 1 unspecified atom stereocenters. The monoisotopic (exact) mass is 180 g/mol. The first kappa shape index (κ1) is 10.7. The average Bonchev–Trinajstić information content (AvgIpc) is 1.98. The summed E-state index contributed by atoms with van der Waals surface area (Å²) >= 11 is 8.41. The summed E-state index contributed by atoms with van der Waals surface area (Å²) < 4.78 is 0. The summed E-state index contributed by atoms with van der Waals surface area (Å²) in [5.41, 5.74) is 0. The van der Waals surface area contributed by atoms with E-state index < -0.39 is 0 Å². The van der Waals surface area contributed by atoms with E-state index in [1.807, 2.05) is 0 Å². The van der Waals surface area contributed by atoms with Gasteiger partial charge in [0.2, 0.25) is 0 Å². The van der Waals surface area contributed by atoms with Gasteiger partial charge in [0.25, 0.3) is 0 Å². The van der Waals surface area contributed by atoms with Crippen molar-refractivity contribution in [3.63, 3.8) is 0 Å². The van der Waals surface area contributed by atoms with Gasteiger partial charge in [-0.1, -0.05) is 12.8 Å². The average molecular weight is 180 g/mol. The van der Waals surface area contributed by atoms with Crippen LogP contribution < -0.4 is 0 Å². The highest BCUT2D eigenvalue weighted by Crippen LogP contribution is 2.09. The van der Waals surface area contributed by atoms with Crippen LogP contribution in [-0.4, -0.2) is 22.7 Å². The van der Waals surface area contributed by atoms with Gasteiger partial charge < -0.3 is 5.11 Å². The minimum absolute atomic E-state index is 0.318. The second kappa shape index (κ2) is 7.76. The van der Waals surface area contributed by atoms with Gasteiger partial charge in [0, 0.05) is 17.6 Å². The lowest BCUT2D eigenvalue weighted by atomic mass is 10.1. The van der Waals surface area contributed by atoms with Gasteiger partial charge >= 0.3 is 0 Å². The topological polar surface area (TPSA) is 20.2 Å². The van der Waals surface area contributed by atoms with Crippen molar-refractivity contribution in [3.8, 4) is 0 Å². The van der Waals surface area contributed by atoms with Crippen molar-refractivity contribution in [2.75, 3.05) is 12.4 Å². The first-order valence-electron chi connectivity index (χ1n) is 3.71. The quantitative estimate of drug-likeness (QED) is 0.420. The lowest BCUT2D eigenvalue weighted by molar-refractivity contribution is 0.282. The van der Waals surface area contributed by atoms with E-state index >= 15 is 0 Å². The predicted molar refractivity (Wildman–Crippen MR) is 52.2 cm³/mol. The molecule has 0 aromatic carbocycles. The molecule has 1 nitrogen and oxygen atoms in total. The molecule has 0 amide bonds. The molecule has 0 aliphatic rings. The molecule has 0 heterocycles. The van der Waals surface area contributed by atoms with Crippen LogP contribution in [0.15, 0.2) is 0 Å². The number of hydrogen-bond donors (Lipinski definition) is 3.